The monoisotopic (exact) mass is 392 g/mol. The van der Waals surface area contributed by atoms with Crippen molar-refractivity contribution in [1.29, 1.82) is 0 Å². The second kappa shape index (κ2) is 8.67. The van der Waals surface area contributed by atoms with Gasteiger partial charge in [-0.3, -0.25) is 10.1 Å². The van der Waals surface area contributed by atoms with Crippen LogP contribution in [-0.2, 0) is 11.3 Å². The number of hydrogen-bond donors (Lipinski definition) is 2. The van der Waals surface area contributed by atoms with Crippen LogP contribution < -0.4 is 10.1 Å². The van der Waals surface area contributed by atoms with Crippen LogP contribution in [0, 0.1) is 10.1 Å². The summed E-state index contributed by atoms with van der Waals surface area (Å²) in [4.78, 5) is 11.0. The lowest BCUT2D eigenvalue weighted by atomic mass is 9.94. The first-order valence-corrected chi connectivity index (χ1v) is 9.05. The smallest absolute Gasteiger partial charge is 0.311 e. The van der Waals surface area contributed by atoms with Crippen LogP contribution in [0.15, 0.2) is 42.5 Å². The topological polar surface area (TPSA) is 93.9 Å². The van der Waals surface area contributed by atoms with E-state index in [1.807, 2.05) is 0 Å². The van der Waals surface area contributed by atoms with E-state index in [4.69, 9.17) is 21.1 Å². The standard InChI is InChI=1S/C19H21ClN2O5/c20-15-3-1-2-4-17(15)27-18-6-5-14(11-16(18)22(24)25)12-21-13-19(23)7-9-26-10-8-19/h1-6,11,21,23H,7-10,12-13H2. The lowest BCUT2D eigenvalue weighted by Crippen LogP contribution is -2.44. The zero-order valence-electron chi connectivity index (χ0n) is 14.7. The lowest BCUT2D eigenvalue weighted by Gasteiger charge is -2.32. The molecule has 1 fully saturated rings. The maximum absolute atomic E-state index is 11.4. The Morgan fingerprint density at radius 3 is 2.67 bits per heavy atom. The Bertz CT molecular complexity index is 808. The molecule has 144 valence electrons. The fourth-order valence-electron chi connectivity index (χ4n) is 2.92. The second-order valence-corrected chi connectivity index (χ2v) is 6.94. The third-order valence-electron chi connectivity index (χ3n) is 4.48. The van der Waals surface area contributed by atoms with Gasteiger partial charge in [0.1, 0.15) is 5.75 Å². The average molecular weight is 393 g/mol. The summed E-state index contributed by atoms with van der Waals surface area (Å²) in [7, 11) is 0. The van der Waals surface area contributed by atoms with Crippen molar-refractivity contribution < 1.29 is 19.5 Å². The highest BCUT2D eigenvalue weighted by Gasteiger charge is 2.29. The number of halogens is 1. The molecule has 0 saturated carbocycles. The van der Waals surface area contributed by atoms with Crippen LogP contribution in [0.25, 0.3) is 0 Å². The van der Waals surface area contributed by atoms with Crippen LogP contribution in [0.3, 0.4) is 0 Å². The SMILES string of the molecule is O=[N+]([O-])c1cc(CNCC2(O)CCOCC2)ccc1Oc1ccccc1Cl. The van der Waals surface area contributed by atoms with Crippen molar-refractivity contribution >= 4 is 17.3 Å². The molecule has 0 radical (unpaired) electrons. The fourth-order valence-corrected chi connectivity index (χ4v) is 3.09. The van der Waals surface area contributed by atoms with Crippen molar-refractivity contribution in [3.63, 3.8) is 0 Å². The molecule has 0 spiro atoms. The van der Waals surface area contributed by atoms with Gasteiger partial charge in [0.15, 0.2) is 0 Å². The minimum Gasteiger partial charge on any atom is -0.449 e. The van der Waals surface area contributed by atoms with Gasteiger partial charge in [-0.2, -0.15) is 0 Å². The Labute approximate surface area is 162 Å². The normalized spacial score (nSPS) is 16.1. The first kappa shape index (κ1) is 19.6. The highest BCUT2D eigenvalue weighted by Crippen LogP contribution is 2.35. The van der Waals surface area contributed by atoms with Gasteiger partial charge in [-0.25, -0.2) is 0 Å². The first-order valence-electron chi connectivity index (χ1n) is 8.67. The van der Waals surface area contributed by atoms with Gasteiger partial charge >= 0.3 is 5.69 Å². The molecule has 8 heteroatoms. The van der Waals surface area contributed by atoms with Crippen molar-refractivity contribution in [2.45, 2.75) is 25.0 Å². The fraction of sp³-hybridized carbons (Fsp3) is 0.368. The zero-order valence-corrected chi connectivity index (χ0v) is 15.4. The van der Waals surface area contributed by atoms with E-state index in [-0.39, 0.29) is 11.4 Å². The number of nitrogens with zero attached hydrogens (tertiary/aromatic N) is 1. The van der Waals surface area contributed by atoms with E-state index in [2.05, 4.69) is 5.32 Å². The highest BCUT2D eigenvalue weighted by molar-refractivity contribution is 6.32. The summed E-state index contributed by atoms with van der Waals surface area (Å²) in [5.41, 5.74) is -0.208. The Balaban J connectivity index is 1.68. The molecule has 7 nitrogen and oxygen atoms in total. The van der Waals surface area contributed by atoms with Gasteiger partial charge in [-0.15, -0.1) is 0 Å². The summed E-state index contributed by atoms with van der Waals surface area (Å²) < 4.78 is 10.9. The zero-order chi connectivity index (χ0) is 19.3. The lowest BCUT2D eigenvalue weighted by molar-refractivity contribution is -0.385. The molecule has 2 N–H and O–H groups in total. The van der Waals surface area contributed by atoms with Crippen molar-refractivity contribution in [2.24, 2.45) is 0 Å². The Morgan fingerprint density at radius 2 is 1.96 bits per heavy atom. The van der Waals surface area contributed by atoms with Crippen LogP contribution in [0.1, 0.15) is 18.4 Å². The highest BCUT2D eigenvalue weighted by atomic mass is 35.5. The number of nitro groups is 1. The van der Waals surface area contributed by atoms with E-state index in [0.29, 0.717) is 49.9 Å². The number of nitrogens with one attached hydrogen (secondary N) is 1. The van der Waals surface area contributed by atoms with E-state index in [0.717, 1.165) is 5.56 Å². The van der Waals surface area contributed by atoms with Gasteiger partial charge in [0, 0.05) is 45.2 Å². The number of rotatable bonds is 7. The molecule has 0 aromatic heterocycles. The Morgan fingerprint density at radius 1 is 1.22 bits per heavy atom. The molecule has 0 bridgehead atoms. The number of nitro benzene ring substituents is 1. The predicted octanol–water partition coefficient (Wildman–Crippen LogP) is 3.67. The summed E-state index contributed by atoms with van der Waals surface area (Å²) in [6, 6.07) is 11.6. The van der Waals surface area contributed by atoms with E-state index in [9.17, 15) is 15.2 Å². The van der Waals surface area contributed by atoms with Gasteiger partial charge in [0.2, 0.25) is 5.75 Å². The van der Waals surface area contributed by atoms with Crippen LogP contribution in [0.2, 0.25) is 5.02 Å². The van der Waals surface area contributed by atoms with Gasteiger partial charge in [0.25, 0.3) is 0 Å². The van der Waals surface area contributed by atoms with E-state index in [1.54, 1.807) is 36.4 Å². The average Bonchev–Trinajstić information content (AvgIpc) is 2.65. The quantitative estimate of drug-likeness (QED) is 0.551. The van der Waals surface area contributed by atoms with Gasteiger partial charge < -0.3 is 19.9 Å². The van der Waals surface area contributed by atoms with Crippen molar-refractivity contribution in [3.8, 4) is 11.5 Å². The largest absolute Gasteiger partial charge is 0.449 e. The maximum atomic E-state index is 11.4. The molecule has 27 heavy (non-hydrogen) atoms. The third-order valence-corrected chi connectivity index (χ3v) is 4.80. The molecule has 1 heterocycles. The molecule has 1 aliphatic heterocycles. The van der Waals surface area contributed by atoms with E-state index >= 15 is 0 Å². The minimum atomic E-state index is -0.794. The summed E-state index contributed by atoms with van der Waals surface area (Å²) in [5.74, 6) is 0.481. The molecule has 2 aromatic rings. The molecule has 0 amide bonds. The number of ether oxygens (including phenoxy) is 2. The van der Waals surface area contributed by atoms with Crippen molar-refractivity contribution in [1.82, 2.24) is 5.32 Å². The Kier molecular flexibility index (Phi) is 6.28. The van der Waals surface area contributed by atoms with Gasteiger partial charge in [-0.05, 0) is 23.8 Å². The van der Waals surface area contributed by atoms with Gasteiger partial charge in [-0.1, -0.05) is 29.8 Å². The first-order chi connectivity index (χ1) is 13.0. The molecule has 0 aliphatic carbocycles. The summed E-state index contributed by atoms with van der Waals surface area (Å²) >= 11 is 6.06. The predicted molar refractivity (Wildman–Crippen MR) is 101 cm³/mol. The number of hydrogen-bond acceptors (Lipinski definition) is 6. The van der Waals surface area contributed by atoms with Crippen molar-refractivity contribution in [2.75, 3.05) is 19.8 Å². The molecule has 0 atom stereocenters. The summed E-state index contributed by atoms with van der Waals surface area (Å²) in [6.45, 7) is 1.88. The second-order valence-electron chi connectivity index (χ2n) is 6.53. The third kappa shape index (κ3) is 5.17. The molecule has 0 unspecified atom stereocenters. The summed E-state index contributed by atoms with van der Waals surface area (Å²) in [5, 5.41) is 25.4. The molecular weight excluding hydrogens is 372 g/mol. The number of benzene rings is 2. The maximum Gasteiger partial charge on any atom is 0.311 e. The van der Waals surface area contributed by atoms with Crippen molar-refractivity contribution in [3.05, 3.63) is 63.2 Å². The van der Waals surface area contributed by atoms with Gasteiger partial charge in [0.05, 0.1) is 15.5 Å². The number of aliphatic hydroxyl groups is 1. The molecule has 1 aliphatic rings. The van der Waals surface area contributed by atoms with E-state index < -0.39 is 10.5 Å². The number of para-hydroxylation sites is 1. The van der Waals surface area contributed by atoms with Crippen LogP contribution in [0.4, 0.5) is 5.69 Å². The van der Waals surface area contributed by atoms with Crippen LogP contribution in [0.5, 0.6) is 11.5 Å². The minimum absolute atomic E-state index is 0.125. The molecule has 2 aromatic carbocycles. The summed E-state index contributed by atoms with van der Waals surface area (Å²) in [6.07, 6.45) is 1.15. The van der Waals surface area contributed by atoms with Crippen LogP contribution >= 0.6 is 11.6 Å². The molecule has 1 saturated heterocycles. The Hall–Kier alpha value is -2.19. The van der Waals surface area contributed by atoms with E-state index in [1.165, 1.54) is 6.07 Å². The molecule has 3 rings (SSSR count). The van der Waals surface area contributed by atoms with Crippen LogP contribution in [-0.4, -0.2) is 35.4 Å². The molecular formula is C19H21ClN2O5.